The molecule has 1 aromatic heterocycles. The zero-order valence-corrected chi connectivity index (χ0v) is 27.3. The molecule has 0 unspecified atom stereocenters. The van der Waals surface area contributed by atoms with Gasteiger partial charge in [0, 0.05) is 49.5 Å². The Morgan fingerprint density at radius 2 is 1.83 bits per heavy atom. The molecule has 3 aromatic carbocycles. The van der Waals surface area contributed by atoms with Gasteiger partial charge >= 0.3 is 0 Å². The molecule has 0 radical (unpaired) electrons. The number of piperazine rings is 1. The Hall–Kier alpha value is -4.04. The SMILES string of the molecule is C[C@@H]1[C@@H](N(C(=N)N2CCN[C@@H](C)C2)c2ccc3c(=O)n(CCc4ccc(F)cc4)c(-c4ccccc4)nc3c2)C[C@H]2C[C@@H]1C2(C)C. The van der Waals surface area contributed by atoms with Crippen LogP contribution in [0.4, 0.5) is 10.1 Å². The molecule has 5 atom stereocenters. The largest absolute Gasteiger partial charge is 0.340 e. The molecule has 8 rings (SSSR count). The van der Waals surface area contributed by atoms with Gasteiger partial charge in [-0.15, -0.1) is 0 Å². The van der Waals surface area contributed by atoms with Gasteiger partial charge in [0.2, 0.25) is 0 Å². The van der Waals surface area contributed by atoms with Crippen molar-refractivity contribution in [2.45, 2.75) is 65.6 Å². The molecule has 0 spiro atoms. The summed E-state index contributed by atoms with van der Waals surface area (Å²) in [6.45, 7) is 12.2. The first-order valence-corrected chi connectivity index (χ1v) is 16.8. The predicted molar refractivity (Wildman–Crippen MR) is 184 cm³/mol. The summed E-state index contributed by atoms with van der Waals surface area (Å²) in [6.07, 6.45) is 2.91. The molecule has 4 aliphatic rings. The molecule has 46 heavy (non-hydrogen) atoms. The Kier molecular flexibility index (Phi) is 7.96. The van der Waals surface area contributed by atoms with Crippen LogP contribution in [0.15, 0.2) is 77.6 Å². The summed E-state index contributed by atoms with van der Waals surface area (Å²) < 4.78 is 15.3. The molecule has 240 valence electrons. The van der Waals surface area contributed by atoms with Crippen LogP contribution in [-0.2, 0) is 13.0 Å². The second kappa shape index (κ2) is 12.0. The standard InChI is InChI=1S/C38H45FN6O/c1-24-23-43(19-17-41-24)37(40)45(34-21-28-20-32(25(34)2)38(28,3)4)30-14-15-31-33(22-30)42-35(27-8-6-5-7-9-27)44(36(31)46)18-16-26-10-12-29(39)13-11-26/h5-15,22,24-25,28,32,34,40-41H,16-21,23H2,1-4H3/t24-,25-,28+,32-,34-/m0/s1. The highest BCUT2D eigenvalue weighted by atomic mass is 19.1. The monoisotopic (exact) mass is 620 g/mol. The summed E-state index contributed by atoms with van der Waals surface area (Å²) in [4.78, 5) is 23.8. The Balaban J connectivity index is 1.31. The summed E-state index contributed by atoms with van der Waals surface area (Å²) >= 11 is 0. The van der Waals surface area contributed by atoms with Crippen LogP contribution < -0.4 is 15.8 Å². The van der Waals surface area contributed by atoms with Gasteiger partial charge in [0.05, 0.1) is 10.9 Å². The van der Waals surface area contributed by atoms with Gasteiger partial charge in [-0.05, 0) is 85.3 Å². The Morgan fingerprint density at radius 1 is 1.07 bits per heavy atom. The summed E-state index contributed by atoms with van der Waals surface area (Å²) in [5.41, 5.74) is 3.64. The van der Waals surface area contributed by atoms with Gasteiger partial charge in [0.1, 0.15) is 11.6 Å². The number of nitrogens with zero attached hydrogens (tertiary/aromatic N) is 4. The van der Waals surface area contributed by atoms with Crippen molar-refractivity contribution < 1.29 is 4.39 Å². The van der Waals surface area contributed by atoms with Crippen molar-refractivity contribution in [2.24, 2.45) is 23.2 Å². The molecule has 1 saturated heterocycles. The van der Waals surface area contributed by atoms with Crippen molar-refractivity contribution >= 4 is 22.5 Å². The maximum Gasteiger partial charge on any atom is 0.261 e. The molecule has 8 heteroatoms. The summed E-state index contributed by atoms with van der Waals surface area (Å²) in [6, 6.07) is 22.8. The maximum absolute atomic E-state index is 14.2. The lowest BCUT2D eigenvalue weighted by atomic mass is 9.44. The zero-order chi connectivity index (χ0) is 32.2. The molecular weight excluding hydrogens is 575 g/mol. The van der Waals surface area contributed by atoms with E-state index in [2.05, 4.69) is 42.8 Å². The molecule has 7 nitrogen and oxygen atoms in total. The van der Waals surface area contributed by atoms with E-state index in [0.29, 0.717) is 64.9 Å². The van der Waals surface area contributed by atoms with Crippen LogP contribution in [-0.4, -0.2) is 52.1 Å². The lowest BCUT2D eigenvalue weighted by molar-refractivity contribution is -0.108. The first-order valence-electron chi connectivity index (χ1n) is 16.8. The van der Waals surface area contributed by atoms with Gasteiger partial charge < -0.3 is 15.1 Å². The van der Waals surface area contributed by atoms with Crippen molar-refractivity contribution in [3.63, 3.8) is 0 Å². The molecule has 1 aliphatic heterocycles. The maximum atomic E-state index is 14.2. The Morgan fingerprint density at radius 3 is 2.52 bits per heavy atom. The minimum atomic E-state index is -0.272. The van der Waals surface area contributed by atoms with Crippen LogP contribution in [0.5, 0.6) is 0 Å². The van der Waals surface area contributed by atoms with E-state index >= 15 is 0 Å². The Labute approximate surface area is 271 Å². The number of nitrogens with one attached hydrogen (secondary N) is 2. The number of hydrogen-bond donors (Lipinski definition) is 2. The molecule has 3 aliphatic carbocycles. The van der Waals surface area contributed by atoms with E-state index in [4.69, 9.17) is 4.98 Å². The van der Waals surface area contributed by atoms with E-state index in [0.717, 1.165) is 42.9 Å². The highest BCUT2D eigenvalue weighted by Gasteiger charge is 2.57. The van der Waals surface area contributed by atoms with E-state index < -0.39 is 0 Å². The number of halogens is 1. The molecule has 2 N–H and O–H groups in total. The van der Waals surface area contributed by atoms with Crippen molar-refractivity contribution in [2.75, 3.05) is 24.5 Å². The zero-order valence-electron chi connectivity index (χ0n) is 27.3. The first-order chi connectivity index (χ1) is 22.1. The van der Waals surface area contributed by atoms with Crippen LogP contribution in [0.1, 0.15) is 46.1 Å². The molecule has 2 bridgehead atoms. The van der Waals surface area contributed by atoms with E-state index in [1.165, 1.54) is 18.6 Å². The normalized spacial score (nSPS) is 25.2. The van der Waals surface area contributed by atoms with Crippen LogP contribution in [0.2, 0.25) is 0 Å². The lowest BCUT2D eigenvalue weighted by Crippen LogP contribution is -2.64. The first kappa shape index (κ1) is 30.6. The van der Waals surface area contributed by atoms with E-state index in [9.17, 15) is 14.6 Å². The highest BCUT2D eigenvalue weighted by Crippen LogP contribution is 2.62. The number of aromatic nitrogens is 2. The van der Waals surface area contributed by atoms with E-state index in [1.54, 1.807) is 16.7 Å². The second-order valence-corrected chi connectivity index (χ2v) is 14.4. The number of aryl methyl sites for hydroxylation is 1. The molecule has 2 heterocycles. The molecule has 0 amide bonds. The smallest absolute Gasteiger partial charge is 0.261 e. The Bertz CT molecular complexity index is 1800. The topological polar surface area (TPSA) is 77.3 Å². The van der Waals surface area contributed by atoms with Crippen LogP contribution in [0.25, 0.3) is 22.3 Å². The van der Waals surface area contributed by atoms with Crippen molar-refractivity contribution in [1.29, 1.82) is 5.41 Å². The van der Waals surface area contributed by atoms with Gasteiger partial charge in [-0.3, -0.25) is 14.8 Å². The minimum absolute atomic E-state index is 0.0934. The highest BCUT2D eigenvalue weighted by molar-refractivity contribution is 5.97. The van der Waals surface area contributed by atoms with Gasteiger partial charge in [0.15, 0.2) is 5.96 Å². The quantitative estimate of drug-likeness (QED) is 0.189. The fourth-order valence-corrected chi connectivity index (χ4v) is 8.48. The van der Waals surface area contributed by atoms with E-state index in [1.807, 2.05) is 48.5 Å². The molecule has 4 fully saturated rings. The fraction of sp³-hybridized carbons (Fsp3) is 0.447. The fourth-order valence-electron chi connectivity index (χ4n) is 8.48. The van der Waals surface area contributed by atoms with E-state index in [-0.39, 0.29) is 17.4 Å². The summed E-state index contributed by atoms with van der Waals surface area (Å²) in [5.74, 6) is 2.59. The van der Waals surface area contributed by atoms with Crippen LogP contribution in [0.3, 0.4) is 0 Å². The lowest BCUT2D eigenvalue weighted by Gasteiger charge is -2.63. The van der Waals surface area contributed by atoms with Gasteiger partial charge in [0.25, 0.3) is 5.56 Å². The van der Waals surface area contributed by atoms with Crippen molar-refractivity contribution in [3.8, 4) is 11.4 Å². The molecular formula is C38H45FN6O. The third kappa shape index (κ3) is 5.40. The van der Waals surface area contributed by atoms with Crippen molar-refractivity contribution in [1.82, 2.24) is 19.8 Å². The van der Waals surface area contributed by atoms with Crippen molar-refractivity contribution in [3.05, 3.63) is 94.5 Å². The average Bonchev–Trinajstić information content (AvgIpc) is 3.06. The number of guanidine groups is 1. The third-order valence-corrected chi connectivity index (χ3v) is 11.3. The third-order valence-electron chi connectivity index (χ3n) is 11.3. The molecule has 4 aromatic rings. The number of fused-ring (bicyclic) bond motifs is 3. The average molecular weight is 621 g/mol. The van der Waals surface area contributed by atoms with Crippen LogP contribution in [0, 0.1) is 34.4 Å². The summed E-state index contributed by atoms with van der Waals surface area (Å²) in [7, 11) is 0. The minimum Gasteiger partial charge on any atom is -0.340 e. The molecule has 3 saturated carbocycles. The summed E-state index contributed by atoms with van der Waals surface area (Å²) in [5, 5.41) is 13.7. The van der Waals surface area contributed by atoms with Gasteiger partial charge in [-0.25, -0.2) is 9.37 Å². The van der Waals surface area contributed by atoms with Gasteiger partial charge in [-0.1, -0.05) is 63.2 Å². The second-order valence-electron chi connectivity index (χ2n) is 14.4. The number of rotatable bonds is 6. The van der Waals surface area contributed by atoms with Gasteiger partial charge in [-0.2, -0.15) is 0 Å². The van der Waals surface area contributed by atoms with Crippen LogP contribution >= 0.6 is 0 Å². The predicted octanol–water partition coefficient (Wildman–Crippen LogP) is 6.55. The number of anilines is 1. The number of benzene rings is 3. The number of hydrogen-bond acceptors (Lipinski definition) is 4.